The zero-order valence-electron chi connectivity index (χ0n) is 15.5. The van der Waals surface area contributed by atoms with Gasteiger partial charge in [-0.05, 0) is 48.4 Å². The predicted octanol–water partition coefficient (Wildman–Crippen LogP) is 3.45. The number of esters is 1. The third-order valence-corrected chi connectivity index (χ3v) is 4.35. The van der Waals surface area contributed by atoms with Gasteiger partial charge in [-0.15, -0.1) is 0 Å². The quantitative estimate of drug-likeness (QED) is 0.508. The van der Waals surface area contributed by atoms with Crippen LogP contribution in [0.4, 0.5) is 5.69 Å². The largest absolute Gasteiger partial charge is 0.461 e. The van der Waals surface area contributed by atoms with Gasteiger partial charge in [-0.25, -0.2) is 4.79 Å². The first-order valence-electron chi connectivity index (χ1n) is 8.99. The first-order valence-corrected chi connectivity index (χ1v) is 8.99. The number of anilines is 1. The number of hydrogen-bond acceptors (Lipinski definition) is 6. The summed E-state index contributed by atoms with van der Waals surface area (Å²) >= 11 is 0. The minimum atomic E-state index is -0.448. The number of nitrogens with one attached hydrogen (secondary N) is 2. The highest BCUT2D eigenvalue weighted by molar-refractivity contribution is 6.04. The molecule has 0 aliphatic heterocycles. The molecule has 2 aromatic carbocycles. The lowest BCUT2D eigenvalue weighted by molar-refractivity contribution is 0.0521. The Morgan fingerprint density at radius 2 is 1.83 bits per heavy atom. The van der Waals surface area contributed by atoms with Gasteiger partial charge in [-0.2, -0.15) is 15.3 Å². The number of aromatic nitrogens is 4. The highest BCUT2D eigenvalue weighted by atomic mass is 16.5. The Morgan fingerprint density at radius 3 is 2.55 bits per heavy atom. The van der Waals surface area contributed by atoms with E-state index in [0.29, 0.717) is 23.2 Å². The summed E-state index contributed by atoms with van der Waals surface area (Å²) in [5, 5.41) is 17.8. The fourth-order valence-electron chi connectivity index (χ4n) is 2.93. The summed E-state index contributed by atoms with van der Waals surface area (Å²) in [6, 6.07) is 14.7. The van der Waals surface area contributed by atoms with Crippen molar-refractivity contribution in [3.63, 3.8) is 0 Å². The minimum Gasteiger partial charge on any atom is -0.461 e. The fourth-order valence-corrected chi connectivity index (χ4v) is 2.93. The number of ether oxygens (including phenoxy) is 1. The molecule has 0 atom stereocenters. The van der Waals surface area contributed by atoms with Gasteiger partial charge < -0.3 is 10.1 Å². The molecule has 0 fully saturated rings. The molecule has 0 spiro atoms. The van der Waals surface area contributed by atoms with E-state index in [1.54, 1.807) is 13.0 Å². The first kappa shape index (κ1) is 18.3. The number of fused-ring (bicyclic) bond motifs is 1. The van der Waals surface area contributed by atoms with Crippen LogP contribution in [-0.4, -0.2) is 38.9 Å². The molecule has 0 unspecified atom stereocenters. The van der Waals surface area contributed by atoms with Gasteiger partial charge >= 0.3 is 5.97 Å². The third-order valence-electron chi connectivity index (χ3n) is 4.35. The number of nitrogens with zero attached hydrogens (tertiary/aromatic N) is 3. The molecule has 0 bridgehead atoms. The van der Waals surface area contributed by atoms with Crippen molar-refractivity contribution in [2.24, 2.45) is 0 Å². The molecule has 0 radical (unpaired) electrons. The van der Waals surface area contributed by atoms with Crippen molar-refractivity contribution in [1.29, 1.82) is 0 Å². The molecule has 2 heterocycles. The van der Waals surface area contributed by atoms with E-state index in [2.05, 4.69) is 25.7 Å². The Bertz CT molecular complexity index is 1170. The van der Waals surface area contributed by atoms with Crippen LogP contribution in [-0.2, 0) is 4.74 Å². The van der Waals surface area contributed by atoms with Gasteiger partial charge in [0.25, 0.3) is 5.91 Å². The molecule has 4 aromatic rings. The van der Waals surface area contributed by atoms with Gasteiger partial charge in [-0.1, -0.05) is 18.2 Å². The van der Waals surface area contributed by atoms with Crippen molar-refractivity contribution in [1.82, 2.24) is 20.4 Å². The monoisotopic (exact) mass is 387 g/mol. The van der Waals surface area contributed by atoms with E-state index in [1.807, 2.05) is 42.5 Å². The Labute approximate surface area is 165 Å². The van der Waals surface area contributed by atoms with Crippen LogP contribution in [0.1, 0.15) is 27.8 Å². The summed E-state index contributed by atoms with van der Waals surface area (Å²) in [7, 11) is 0. The number of amides is 1. The molecule has 144 valence electrons. The summed E-state index contributed by atoms with van der Waals surface area (Å²) in [6.45, 7) is 2.05. The Kier molecular flexibility index (Phi) is 4.98. The summed E-state index contributed by atoms with van der Waals surface area (Å²) < 4.78 is 5.02. The van der Waals surface area contributed by atoms with Gasteiger partial charge in [0, 0.05) is 11.1 Å². The average Bonchev–Trinajstić information content (AvgIpc) is 3.18. The zero-order chi connectivity index (χ0) is 20.2. The van der Waals surface area contributed by atoms with Crippen LogP contribution in [0.25, 0.3) is 22.0 Å². The predicted molar refractivity (Wildman–Crippen MR) is 107 cm³/mol. The second-order valence-corrected chi connectivity index (χ2v) is 6.22. The smallest absolute Gasteiger partial charge is 0.359 e. The molecule has 0 saturated heterocycles. The van der Waals surface area contributed by atoms with Crippen molar-refractivity contribution >= 4 is 28.5 Å². The Hall–Kier alpha value is -4.07. The molecular weight excluding hydrogens is 370 g/mol. The van der Waals surface area contributed by atoms with Crippen LogP contribution in [0.15, 0.2) is 60.9 Å². The third kappa shape index (κ3) is 3.81. The second kappa shape index (κ2) is 7.89. The Morgan fingerprint density at radius 1 is 1.03 bits per heavy atom. The van der Waals surface area contributed by atoms with E-state index < -0.39 is 5.97 Å². The van der Waals surface area contributed by atoms with E-state index >= 15 is 0 Å². The summed E-state index contributed by atoms with van der Waals surface area (Å²) in [5.74, 6) is -0.700. The van der Waals surface area contributed by atoms with Gasteiger partial charge in [0.1, 0.15) is 0 Å². The SMILES string of the molecule is CCOC(=O)c1n[nH]c2cc(-c3ccc(NC(=O)c4ccnnc4)cc3)ccc12. The van der Waals surface area contributed by atoms with Crippen LogP contribution in [0.3, 0.4) is 0 Å². The molecule has 4 rings (SSSR count). The van der Waals surface area contributed by atoms with E-state index in [-0.39, 0.29) is 11.6 Å². The highest BCUT2D eigenvalue weighted by Gasteiger charge is 2.15. The molecule has 1 amide bonds. The van der Waals surface area contributed by atoms with Crippen LogP contribution in [0.2, 0.25) is 0 Å². The lowest BCUT2D eigenvalue weighted by Crippen LogP contribution is -2.12. The molecule has 2 aromatic heterocycles. The number of aromatic amines is 1. The van der Waals surface area contributed by atoms with Crippen molar-refractivity contribution in [3.8, 4) is 11.1 Å². The maximum absolute atomic E-state index is 12.2. The van der Waals surface area contributed by atoms with Crippen molar-refractivity contribution < 1.29 is 14.3 Å². The molecule has 2 N–H and O–H groups in total. The standard InChI is InChI=1S/C21H17N5O3/c1-2-29-21(28)19-17-8-5-14(11-18(17)25-26-19)13-3-6-16(7-4-13)24-20(27)15-9-10-22-23-12-15/h3-12H,2H2,1H3,(H,24,27)(H,25,26). The van der Waals surface area contributed by atoms with Crippen molar-refractivity contribution in [2.75, 3.05) is 11.9 Å². The molecule has 8 heteroatoms. The number of H-pyrrole nitrogens is 1. The van der Waals surface area contributed by atoms with Gasteiger partial charge in [-0.3, -0.25) is 9.89 Å². The number of rotatable bonds is 5. The molecule has 0 saturated carbocycles. The van der Waals surface area contributed by atoms with Crippen LogP contribution >= 0.6 is 0 Å². The van der Waals surface area contributed by atoms with Crippen LogP contribution in [0, 0.1) is 0 Å². The molecule has 0 aliphatic rings. The normalized spacial score (nSPS) is 10.7. The molecule has 29 heavy (non-hydrogen) atoms. The zero-order valence-corrected chi connectivity index (χ0v) is 15.5. The first-order chi connectivity index (χ1) is 14.2. The van der Waals surface area contributed by atoms with Gasteiger partial charge in [0.15, 0.2) is 5.69 Å². The van der Waals surface area contributed by atoms with Crippen LogP contribution in [0.5, 0.6) is 0 Å². The number of benzene rings is 2. The molecule has 0 aliphatic carbocycles. The fraction of sp³-hybridized carbons (Fsp3) is 0.0952. The summed E-state index contributed by atoms with van der Waals surface area (Å²) in [4.78, 5) is 24.1. The average molecular weight is 387 g/mol. The second-order valence-electron chi connectivity index (χ2n) is 6.22. The summed E-state index contributed by atoms with van der Waals surface area (Å²) in [6.07, 6.45) is 2.88. The maximum atomic E-state index is 12.2. The number of carbonyl (C=O) groups excluding carboxylic acids is 2. The Balaban J connectivity index is 1.53. The van der Waals surface area contributed by atoms with Gasteiger partial charge in [0.05, 0.1) is 30.1 Å². The van der Waals surface area contributed by atoms with Crippen LogP contribution < -0.4 is 5.32 Å². The topological polar surface area (TPSA) is 110 Å². The number of hydrogen-bond donors (Lipinski definition) is 2. The van der Waals surface area contributed by atoms with E-state index in [4.69, 9.17) is 4.74 Å². The van der Waals surface area contributed by atoms with E-state index in [0.717, 1.165) is 16.6 Å². The highest BCUT2D eigenvalue weighted by Crippen LogP contribution is 2.26. The number of carbonyl (C=O) groups is 2. The van der Waals surface area contributed by atoms with Crippen molar-refractivity contribution in [2.45, 2.75) is 6.92 Å². The summed E-state index contributed by atoms with van der Waals surface area (Å²) in [5.41, 5.74) is 4.04. The lowest BCUT2D eigenvalue weighted by atomic mass is 10.0. The lowest BCUT2D eigenvalue weighted by Gasteiger charge is -2.07. The van der Waals surface area contributed by atoms with Gasteiger partial charge in [0.2, 0.25) is 0 Å². The minimum absolute atomic E-state index is 0.252. The van der Waals surface area contributed by atoms with E-state index in [9.17, 15) is 9.59 Å². The van der Waals surface area contributed by atoms with E-state index in [1.165, 1.54) is 12.4 Å². The molecular formula is C21H17N5O3. The molecule has 8 nitrogen and oxygen atoms in total. The maximum Gasteiger partial charge on any atom is 0.359 e. The van der Waals surface area contributed by atoms with Crippen molar-refractivity contribution in [3.05, 3.63) is 72.2 Å².